The van der Waals surface area contributed by atoms with Gasteiger partial charge in [-0.25, -0.2) is 13.6 Å². The van der Waals surface area contributed by atoms with Crippen molar-refractivity contribution < 1.29 is 13.2 Å². The molecule has 7 nitrogen and oxygen atoms in total. The molecule has 0 spiro atoms. The van der Waals surface area contributed by atoms with E-state index in [2.05, 4.69) is 10.3 Å². The molecule has 4 N–H and O–H groups in total. The van der Waals surface area contributed by atoms with Crippen molar-refractivity contribution in [3.05, 3.63) is 88.1 Å². The Kier molecular flexibility index (Phi) is 4.65. The molecule has 0 aliphatic rings. The average molecular weight is 407 g/mol. The fraction of sp³-hybridized carbons (Fsp3) is 0.0476. The van der Waals surface area contributed by atoms with Crippen LogP contribution < -0.4 is 15.9 Å². The second kappa shape index (κ2) is 7.16. The Morgan fingerprint density at radius 1 is 0.931 bits per heavy atom. The second-order valence-corrected chi connectivity index (χ2v) is 8.30. The largest absolute Gasteiger partial charge is 0.354 e. The van der Waals surface area contributed by atoms with E-state index >= 15 is 0 Å². The van der Waals surface area contributed by atoms with Crippen LogP contribution in [0.4, 0.5) is 5.69 Å². The first-order valence-electron chi connectivity index (χ1n) is 8.76. The molecule has 0 saturated heterocycles. The molecular formula is C21H17N3O4S. The molecule has 8 heteroatoms. The topological polar surface area (TPSA) is 122 Å². The van der Waals surface area contributed by atoms with Crippen molar-refractivity contribution in [2.75, 3.05) is 5.32 Å². The Morgan fingerprint density at radius 2 is 1.62 bits per heavy atom. The van der Waals surface area contributed by atoms with Crippen LogP contribution >= 0.6 is 0 Å². The molecule has 0 atom stereocenters. The highest BCUT2D eigenvalue weighted by molar-refractivity contribution is 7.88. The van der Waals surface area contributed by atoms with Crippen molar-refractivity contribution in [2.45, 2.75) is 5.75 Å². The molecule has 146 valence electrons. The summed E-state index contributed by atoms with van der Waals surface area (Å²) in [5.74, 6) is -0.667. The van der Waals surface area contributed by atoms with Crippen molar-refractivity contribution in [1.29, 1.82) is 0 Å². The van der Waals surface area contributed by atoms with Gasteiger partial charge in [-0.05, 0) is 42.0 Å². The first-order chi connectivity index (χ1) is 13.8. The van der Waals surface area contributed by atoms with Crippen LogP contribution in [0.1, 0.15) is 15.9 Å². The standard InChI is InChI=1S/C21H17N3O4S/c22-29(27,28)12-13-8-10-14(11-9-13)23-21(26)17-6-3-5-16-19(17)24-18-7-2-1-4-15(18)20(16)25/h1-11H,12H2,(H,23,26)(H,24,25)(H2,22,27,28). The van der Waals surface area contributed by atoms with Crippen LogP contribution in [0.5, 0.6) is 0 Å². The number of benzene rings is 3. The van der Waals surface area contributed by atoms with Crippen LogP contribution in [0, 0.1) is 0 Å². The van der Waals surface area contributed by atoms with E-state index in [1.807, 2.05) is 6.07 Å². The maximum atomic E-state index is 12.8. The van der Waals surface area contributed by atoms with Gasteiger partial charge in [0.1, 0.15) is 0 Å². The quantitative estimate of drug-likeness (QED) is 0.450. The van der Waals surface area contributed by atoms with Crippen LogP contribution in [-0.4, -0.2) is 19.3 Å². The van der Waals surface area contributed by atoms with E-state index in [0.717, 1.165) is 0 Å². The number of carbonyl (C=O) groups excluding carboxylic acids is 1. The number of carbonyl (C=O) groups is 1. The Balaban J connectivity index is 1.69. The highest BCUT2D eigenvalue weighted by Crippen LogP contribution is 2.20. The third-order valence-corrected chi connectivity index (χ3v) is 5.30. The summed E-state index contributed by atoms with van der Waals surface area (Å²) in [6.07, 6.45) is 0. The molecule has 0 aliphatic heterocycles. The molecule has 29 heavy (non-hydrogen) atoms. The van der Waals surface area contributed by atoms with E-state index < -0.39 is 10.0 Å². The SMILES string of the molecule is NS(=O)(=O)Cc1ccc(NC(=O)c2cccc3c(=O)c4ccccc4[nH]c23)cc1. The lowest BCUT2D eigenvalue weighted by Gasteiger charge is -2.10. The number of pyridine rings is 1. The number of amides is 1. The van der Waals surface area contributed by atoms with Gasteiger partial charge in [0, 0.05) is 22.0 Å². The molecule has 1 heterocycles. The van der Waals surface area contributed by atoms with Crippen LogP contribution in [0.3, 0.4) is 0 Å². The minimum atomic E-state index is -3.62. The molecule has 0 fully saturated rings. The zero-order valence-corrected chi connectivity index (χ0v) is 16.0. The van der Waals surface area contributed by atoms with Crippen molar-refractivity contribution in [3.63, 3.8) is 0 Å². The van der Waals surface area contributed by atoms with Gasteiger partial charge < -0.3 is 10.3 Å². The summed E-state index contributed by atoms with van der Waals surface area (Å²) >= 11 is 0. The molecule has 0 bridgehead atoms. The summed E-state index contributed by atoms with van der Waals surface area (Å²) in [6.45, 7) is 0. The Labute approximate surface area is 166 Å². The lowest BCUT2D eigenvalue weighted by Crippen LogP contribution is -2.15. The Hall–Kier alpha value is -3.49. The number of nitrogens with two attached hydrogens (primary N) is 1. The van der Waals surface area contributed by atoms with E-state index in [1.165, 1.54) is 0 Å². The van der Waals surface area contributed by atoms with Crippen molar-refractivity contribution in [2.24, 2.45) is 5.14 Å². The fourth-order valence-corrected chi connectivity index (χ4v) is 3.91. The number of fused-ring (bicyclic) bond motifs is 2. The third kappa shape index (κ3) is 3.89. The molecule has 4 rings (SSSR count). The maximum Gasteiger partial charge on any atom is 0.257 e. The predicted molar refractivity (Wildman–Crippen MR) is 113 cm³/mol. The molecule has 4 aromatic rings. The number of aromatic nitrogens is 1. The number of sulfonamides is 1. The summed E-state index contributed by atoms with van der Waals surface area (Å²) < 4.78 is 22.3. The lowest BCUT2D eigenvalue weighted by atomic mass is 10.1. The number of hydrogen-bond donors (Lipinski definition) is 3. The normalized spacial score (nSPS) is 11.6. The highest BCUT2D eigenvalue weighted by Gasteiger charge is 2.14. The number of primary sulfonamides is 1. The zero-order valence-electron chi connectivity index (χ0n) is 15.2. The van der Waals surface area contributed by atoms with E-state index in [0.29, 0.717) is 38.6 Å². The maximum absolute atomic E-state index is 12.8. The molecule has 1 amide bonds. The fourth-order valence-electron chi connectivity index (χ4n) is 3.25. The first kappa shape index (κ1) is 18.9. The van der Waals surface area contributed by atoms with Crippen LogP contribution in [-0.2, 0) is 15.8 Å². The third-order valence-electron chi connectivity index (χ3n) is 4.56. The summed E-state index contributed by atoms with van der Waals surface area (Å²) in [6, 6.07) is 18.5. The highest BCUT2D eigenvalue weighted by atomic mass is 32.2. The zero-order chi connectivity index (χ0) is 20.6. The van der Waals surface area contributed by atoms with Gasteiger partial charge in [0.25, 0.3) is 5.91 Å². The van der Waals surface area contributed by atoms with Crippen LogP contribution in [0.25, 0.3) is 21.8 Å². The molecule has 1 aromatic heterocycles. The van der Waals surface area contributed by atoms with Gasteiger partial charge in [-0.3, -0.25) is 9.59 Å². The van der Waals surface area contributed by atoms with E-state index in [-0.39, 0.29) is 17.1 Å². The summed E-state index contributed by atoms with van der Waals surface area (Å²) in [7, 11) is -3.62. The lowest BCUT2D eigenvalue weighted by molar-refractivity contribution is 0.102. The molecule has 0 saturated carbocycles. The first-order valence-corrected chi connectivity index (χ1v) is 10.5. The molecule has 0 unspecified atom stereocenters. The molecule has 0 radical (unpaired) electrons. The predicted octanol–water partition coefficient (Wildman–Crippen LogP) is 2.72. The van der Waals surface area contributed by atoms with Crippen LogP contribution in [0.2, 0.25) is 0 Å². The summed E-state index contributed by atoms with van der Waals surface area (Å²) in [4.78, 5) is 28.8. The van der Waals surface area contributed by atoms with E-state index in [4.69, 9.17) is 5.14 Å². The number of nitrogens with one attached hydrogen (secondary N) is 2. The number of aromatic amines is 1. The van der Waals surface area contributed by atoms with Gasteiger partial charge in [-0.15, -0.1) is 0 Å². The van der Waals surface area contributed by atoms with Gasteiger partial charge in [-0.2, -0.15) is 0 Å². The number of rotatable bonds is 4. The van der Waals surface area contributed by atoms with Gasteiger partial charge in [0.2, 0.25) is 10.0 Å². The van der Waals surface area contributed by atoms with Gasteiger partial charge in [0.15, 0.2) is 5.43 Å². The molecule has 0 aliphatic carbocycles. The van der Waals surface area contributed by atoms with E-state index in [1.54, 1.807) is 60.7 Å². The van der Waals surface area contributed by atoms with Crippen molar-refractivity contribution >= 4 is 43.4 Å². The number of para-hydroxylation sites is 2. The molecular weight excluding hydrogens is 390 g/mol. The second-order valence-electron chi connectivity index (χ2n) is 6.69. The number of hydrogen-bond acceptors (Lipinski definition) is 4. The van der Waals surface area contributed by atoms with E-state index in [9.17, 15) is 18.0 Å². The van der Waals surface area contributed by atoms with Gasteiger partial charge in [-0.1, -0.05) is 30.3 Å². The average Bonchev–Trinajstić information content (AvgIpc) is 2.68. The monoisotopic (exact) mass is 407 g/mol. The summed E-state index contributed by atoms with van der Waals surface area (Å²) in [5.41, 5.74) is 2.31. The van der Waals surface area contributed by atoms with Crippen LogP contribution in [0.15, 0.2) is 71.5 Å². The molecule has 3 aromatic carbocycles. The smallest absolute Gasteiger partial charge is 0.257 e. The number of H-pyrrole nitrogens is 1. The van der Waals surface area contributed by atoms with Gasteiger partial charge in [0.05, 0.1) is 16.8 Å². The Bertz CT molecular complexity index is 1410. The summed E-state index contributed by atoms with van der Waals surface area (Å²) in [5, 5.41) is 8.80. The van der Waals surface area contributed by atoms with Crippen molar-refractivity contribution in [3.8, 4) is 0 Å². The Morgan fingerprint density at radius 3 is 2.34 bits per heavy atom. The minimum absolute atomic E-state index is 0.142. The number of anilines is 1. The van der Waals surface area contributed by atoms with Gasteiger partial charge >= 0.3 is 0 Å². The minimum Gasteiger partial charge on any atom is -0.354 e. The van der Waals surface area contributed by atoms with Crippen molar-refractivity contribution in [1.82, 2.24) is 4.98 Å².